The monoisotopic (exact) mass is 185 g/mol. The van der Waals surface area contributed by atoms with E-state index < -0.39 is 5.97 Å². The minimum Gasteiger partial charge on any atom is -0.478 e. The van der Waals surface area contributed by atoms with Crippen molar-refractivity contribution in [3.8, 4) is 0 Å². The Morgan fingerprint density at radius 2 is 2.25 bits per heavy atom. The van der Waals surface area contributed by atoms with Crippen molar-refractivity contribution < 1.29 is 9.90 Å². The first-order valence-electron chi connectivity index (χ1n) is 3.37. The second kappa shape index (κ2) is 3.56. The molecule has 0 atom stereocenters. The Morgan fingerprint density at radius 1 is 1.58 bits per heavy atom. The Labute approximate surface area is 74.8 Å². The first-order valence-corrected chi connectivity index (χ1v) is 3.74. The topological polar surface area (TPSA) is 63.3 Å². The molecule has 0 heterocycles. The molecule has 12 heavy (non-hydrogen) atoms. The molecule has 1 aromatic carbocycles. The van der Waals surface area contributed by atoms with Crippen LogP contribution in [0.25, 0.3) is 0 Å². The normalized spacial score (nSPS) is 9.83. The van der Waals surface area contributed by atoms with Crippen molar-refractivity contribution in [1.82, 2.24) is 0 Å². The second-order valence-corrected chi connectivity index (χ2v) is 2.73. The lowest BCUT2D eigenvalue weighted by atomic mass is 10.1. The number of carbonyl (C=O) groups is 1. The van der Waals surface area contributed by atoms with E-state index in [0.29, 0.717) is 6.54 Å². The van der Waals surface area contributed by atoms with Gasteiger partial charge in [0.25, 0.3) is 0 Å². The molecule has 1 aromatic rings. The van der Waals surface area contributed by atoms with Gasteiger partial charge in [0.05, 0.1) is 10.6 Å². The molecule has 3 nitrogen and oxygen atoms in total. The van der Waals surface area contributed by atoms with E-state index in [1.54, 1.807) is 12.1 Å². The Kier molecular flexibility index (Phi) is 2.68. The van der Waals surface area contributed by atoms with E-state index in [2.05, 4.69) is 0 Å². The number of hydrogen-bond donors (Lipinski definition) is 2. The summed E-state index contributed by atoms with van der Waals surface area (Å²) in [5.74, 6) is -1.02. The summed E-state index contributed by atoms with van der Waals surface area (Å²) < 4.78 is 0. The summed E-state index contributed by atoms with van der Waals surface area (Å²) in [6.45, 7) is 0.361. The summed E-state index contributed by atoms with van der Waals surface area (Å²) in [7, 11) is 0. The molecule has 1 rings (SSSR count). The molecule has 0 aromatic heterocycles. The molecular formula is C8H8ClNO2. The van der Waals surface area contributed by atoms with Crippen molar-refractivity contribution in [3.05, 3.63) is 34.3 Å². The van der Waals surface area contributed by atoms with Crippen molar-refractivity contribution in [3.63, 3.8) is 0 Å². The summed E-state index contributed by atoms with van der Waals surface area (Å²) in [6.07, 6.45) is 0. The standard InChI is InChI=1S/C8H8ClNO2/c9-7-3-5(4-10)1-2-6(7)8(11)12/h1-3H,4,10H2,(H,11,12). The highest BCUT2D eigenvalue weighted by molar-refractivity contribution is 6.33. The Morgan fingerprint density at radius 3 is 2.67 bits per heavy atom. The van der Waals surface area contributed by atoms with Crippen LogP contribution < -0.4 is 5.73 Å². The Bertz CT molecular complexity index is 312. The zero-order valence-electron chi connectivity index (χ0n) is 6.25. The van der Waals surface area contributed by atoms with Gasteiger partial charge in [0.2, 0.25) is 0 Å². The minimum absolute atomic E-state index is 0.105. The van der Waals surface area contributed by atoms with Crippen LogP contribution in [0.5, 0.6) is 0 Å². The minimum atomic E-state index is -1.02. The van der Waals surface area contributed by atoms with E-state index in [0.717, 1.165) is 5.56 Å². The van der Waals surface area contributed by atoms with Crippen molar-refractivity contribution in [2.45, 2.75) is 6.54 Å². The number of nitrogens with two attached hydrogens (primary N) is 1. The number of benzene rings is 1. The smallest absolute Gasteiger partial charge is 0.337 e. The average molecular weight is 186 g/mol. The molecule has 3 N–H and O–H groups in total. The van der Waals surface area contributed by atoms with Crippen molar-refractivity contribution in [1.29, 1.82) is 0 Å². The fourth-order valence-corrected chi connectivity index (χ4v) is 1.14. The number of aromatic carboxylic acids is 1. The van der Waals surface area contributed by atoms with Crippen LogP contribution in [0.15, 0.2) is 18.2 Å². The fourth-order valence-electron chi connectivity index (χ4n) is 0.859. The SMILES string of the molecule is NCc1ccc(C(=O)O)c(Cl)c1. The van der Waals surface area contributed by atoms with E-state index in [1.165, 1.54) is 6.07 Å². The zero-order valence-corrected chi connectivity index (χ0v) is 7.01. The molecule has 0 aliphatic rings. The quantitative estimate of drug-likeness (QED) is 0.734. The zero-order chi connectivity index (χ0) is 9.14. The molecule has 0 saturated heterocycles. The first kappa shape index (κ1) is 9.03. The van der Waals surface area contributed by atoms with Gasteiger partial charge in [0.15, 0.2) is 0 Å². The van der Waals surface area contributed by atoms with Gasteiger partial charge in [0.1, 0.15) is 0 Å². The maximum absolute atomic E-state index is 10.5. The number of rotatable bonds is 2. The van der Waals surface area contributed by atoms with Crippen LogP contribution in [0.1, 0.15) is 15.9 Å². The summed E-state index contributed by atoms with van der Waals surface area (Å²) in [4.78, 5) is 10.5. The van der Waals surface area contributed by atoms with Crippen LogP contribution in [-0.2, 0) is 6.54 Å². The van der Waals surface area contributed by atoms with Gasteiger partial charge >= 0.3 is 5.97 Å². The lowest BCUT2D eigenvalue weighted by molar-refractivity contribution is 0.0697. The van der Waals surface area contributed by atoms with Gasteiger partial charge in [-0.25, -0.2) is 4.79 Å². The van der Waals surface area contributed by atoms with Gasteiger partial charge in [-0.2, -0.15) is 0 Å². The predicted molar refractivity (Wildman–Crippen MR) is 46.3 cm³/mol. The highest BCUT2D eigenvalue weighted by Gasteiger charge is 2.07. The van der Waals surface area contributed by atoms with E-state index in [1.807, 2.05) is 0 Å². The predicted octanol–water partition coefficient (Wildman–Crippen LogP) is 1.50. The van der Waals surface area contributed by atoms with E-state index >= 15 is 0 Å². The van der Waals surface area contributed by atoms with Crippen LogP contribution in [0, 0.1) is 0 Å². The molecular weight excluding hydrogens is 178 g/mol. The highest BCUT2D eigenvalue weighted by atomic mass is 35.5. The molecule has 0 aliphatic heterocycles. The summed E-state index contributed by atoms with van der Waals surface area (Å²) in [6, 6.07) is 4.66. The van der Waals surface area contributed by atoms with Gasteiger partial charge in [-0.05, 0) is 17.7 Å². The van der Waals surface area contributed by atoms with Gasteiger partial charge in [-0.1, -0.05) is 17.7 Å². The van der Waals surface area contributed by atoms with Gasteiger partial charge in [-0.3, -0.25) is 0 Å². The van der Waals surface area contributed by atoms with Crippen LogP contribution in [0.2, 0.25) is 5.02 Å². The van der Waals surface area contributed by atoms with Crippen LogP contribution >= 0.6 is 11.6 Å². The second-order valence-electron chi connectivity index (χ2n) is 2.32. The van der Waals surface area contributed by atoms with Gasteiger partial charge in [-0.15, -0.1) is 0 Å². The highest BCUT2D eigenvalue weighted by Crippen LogP contribution is 2.17. The van der Waals surface area contributed by atoms with E-state index in [-0.39, 0.29) is 10.6 Å². The number of carboxylic acids is 1. The van der Waals surface area contributed by atoms with Gasteiger partial charge < -0.3 is 10.8 Å². The number of halogens is 1. The molecule has 0 fully saturated rings. The molecule has 0 bridgehead atoms. The molecule has 0 unspecified atom stereocenters. The summed E-state index contributed by atoms with van der Waals surface area (Å²) in [5.41, 5.74) is 6.27. The van der Waals surface area contributed by atoms with Crippen LogP contribution in [0.4, 0.5) is 0 Å². The third-order valence-corrected chi connectivity index (χ3v) is 1.81. The molecule has 0 aliphatic carbocycles. The molecule has 0 radical (unpaired) electrons. The van der Waals surface area contributed by atoms with Crippen molar-refractivity contribution in [2.75, 3.05) is 0 Å². The third kappa shape index (κ3) is 1.75. The summed E-state index contributed by atoms with van der Waals surface area (Å²) >= 11 is 5.67. The van der Waals surface area contributed by atoms with Crippen LogP contribution in [-0.4, -0.2) is 11.1 Å². The number of hydrogen-bond acceptors (Lipinski definition) is 2. The lowest BCUT2D eigenvalue weighted by Crippen LogP contribution is -2.00. The molecule has 64 valence electrons. The molecule has 0 amide bonds. The molecule has 0 spiro atoms. The average Bonchev–Trinajstić information content (AvgIpc) is 2.03. The Hall–Kier alpha value is -1.06. The van der Waals surface area contributed by atoms with E-state index in [9.17, 15) is 4.79 Å². The van der Waals surface area contributed by atoms with Crippen molar-refractivity contribution in [2.24, 2.45) is 5.73 Å². The van der Waals surface area contributed by atoms with Crippen molar-refractivity contribution >= 4 is 17.6 Å². The molecule has 0 saturated carbocycles. The first-order chi connectivity index (χ1) is 5.65. The van der Waals surface area contributed by atoms with Gasteiger partial charge in [0, 0.05) is 6.54 Å². The number of carboxylic acid groups (broad SMARTS) is 1. The van der Waals surface area contributed by atoms with E-state index in [4.69, 9.17) is 22.4 Å². The maximum Gasteiger partial charge on any atom is 0.337 e. The third-order valence-electron chi connectivity index (χ3n) is 1.50. The fraction of sp³-hybridized carbons (Fsp3) is 0.125. The Balaban J connectivity index is 3.12. The summed E-state index contributed by atoms with van der Waals surface area (Å²) in [5, 5.41) is 8.84. The largest absolute Gasteiger partial charge is 0.478 e. The maximum atomic E-state index is 10.5. The lowest BCUT2D eigenvalue weighted by Gasteiger charge is -2.00. The molecule has 4 heteroatoms. The van der Waals surface area contributed by atoms with Crippen LogP contribution in [0.3, 0.4) is 0 Å².